The fourth-order valence-corrected chi connectivity index (χ4v) is 0.745. The number of rotatable bonds is 4. The molecule has 11 heavy (non-hydrogen) atoms. The molecule has 60 valence electrons. The van der Waals surface area contributed by atoms with Crippen molar-refractivity contribution in [1.82, 2.24) is 5.43 Å². The van der Waals surface area contributed by atoms with E-state index in [-0.39, 0.29) is 0 Å². The average Bonchev–Trinajstić information content (AvgIpc) is 2.07. The number of nitrogens with two attached hydrogens (primary N) is 1. The Bertz CT molecular complexity index is 189. The Morgan fingerprint density at radius 3 is 2.64 bits per heavy atom. The summed E-state index contributed by atoms with van der Waals surface area (Å²) in [6, 6.07) is 9.65. The van der Waals surface area contributed by atoms with Gasteiger partial charge in [0.05, 0.1) is 0 Å². The van der Waals surface area contributed by atoms with Crippen molar-refractivity contribution in [3.05, 3.63) is 30.3 Å². The molecular weight excluding hydrogens is 140 g/mol. The van der Waals surface area contributed by atoms with E-state index in [0.29, 0.717) is 13.2 Å². The van der Waals surface area contributed by atoms with E-state index in [1.165, 1.54) is 0 Å². The molecule has 0 bridgehead atoms. The minimum atomic E-state index is 0.598. The number of ether oxygens (including phenoxy) is 1. The van der Waals surface area contributed by atoms with E-state index in [2.05, 4.69) is 5.43 Å². The molecule has 0 aliphatic rings. The summed E-state index contributed by atoms with van der Waals surface area (Å²) in [6.45, 7) is 1.26. The fraction of sp³-hybridized carbons (Fsp3) is 0.250. The number of hydrogen-bond acceptors (Lipinski definition) is 3. The van der Waals surface area contributed by atoms with Gasteiger partial charge >= 0.3 is 0 Å². The molecule has 0 spiro atoms. The van der Waals surface area contributed by atoms with Crippen LogP contribution in [0.15, 0.2) is 30.3 Å². The summed E-state index contributed by atoms with van der Waals surface area (Å²) < 4.78 is 5.30. The van der Waals surface area contributed by atoms with Crippen molar-refractivity contribution in [3.8, 4) is 5.75 Å². The number of nitrogens with one attached hydrogen (secondary N) is 1. The predicted octanol–water partition coefficient (Wildman–Crippen LogP) is 0.529. The topological polar surface area (TPSA) is 47.3 Å². The quantitative estimate of drug-likeness (QED) is 0.376. The number of benzene rings is 1. The third kappa shape index (κ3) is 3.02. The van der Waals surface area contributed by atoms with Crippen LogP contribution in [0, 0.1) is 0 Å². The lowest BCUT2D eigenvalue weighted by Gasteiger charge is -2.03. The number of hydrogen-bond donors (Lipinski definition) is 2. The summed E-state index contributed by atoms with van der Waals surface area (Å²) in [4.78, 5) is 0. The summed E-state index contributed by atoms with van der Waals surface area (Å²) in [6.07, 6.45) is 0. The molecule has 1 rings (SSSR count). The van der Waals surface area contributed by atoms with E-state index >= 15 is 0 Å². The largest absolute Gasteiger partial charge is 0.492 e. The Morgan fingerprint density at radius 2 is 2.00 bits per heavy atom. The lowest BCUT2D eigenvalue weighted by atomic mass is 10.3. The molecule has 0 saturated carbocycles. The molecule has 0 saturated heterocycles. The second-order valence-electron chi connectivity index (χ2n) is 2.12. The van der Waals surface area contributed by atoms with Gasteiger partial charge in [0.15, 0.2) is 0 Å². The molecule has 1 aromatic carbocycles. The molecule has 3 nitrogen and oxygen atoms in total. The number of para-hydroxylation sites is 1. The predicted molar refractivity (Wildman–Crippen MR) is 44.1 cm³/mol. The first-order valence-corrected chi connectivity index (χ1v) is 3.55. The maximum Gasteiger partial charge on any atom is 0.119 e. The van der Waals surface area contributed by atoms with Crippen LogP contribution in [0.3, 0.4) is 0 Å². The normalized spacial score (nSPS) is 9.55. The van der Waals surface area contributed by atoms with Crippen molar-refractivity contribution in [3.63, 3.8) is 0 Å². The van der Waals surface area contributed by atoms with Crippen LogP contribution in [0.4, 0.5) is 0 Å². The van der Waals surface area contributed by atoms with E-state index in [1.807, 2.05) is 30.3 Å². The Kier molecular flexibility index (Phi) is 3.44. The lowest BCUT2D eigenvalue weighted by Crippen LogP contribution is -2.27. The molecule has 0 aromatic heterocycles. The van der Waals surface area contributed by atoms with Crippen LogP contribution in [0.2, 0.25) is 0 Å². The minimum Gasteiger partial charge on any atom is -0.492 e. The van der Waals surface area contributed by atoms with Gasteiger partial charge in [0.2, 0.25) is 0 Å². The van der Waals surface area contributed by atoms with E-state index in [9.17, 15) is 0 Å². The maximum absolute atomic E-state index is 5.30. The van der Waals surface area contributed by atoms with E-state index in [0.717, 1.165) is 5.75 Å². The van der Waals surface area contributed by atoms with Crippen molar-refractivity contribution in [2.45, 2.75) is 0 Å². The molecule has 0 amide bonds. The zero-order chi connectivity index (χ0) is 7.94. The first-order chi connectivity index (χ1) is 5.43. The van der Waals surface area contributed by atoms with Crippen LogP contribution in [-0.2, 0) is 0 Å². The first-order valence-electron chi connectivity index (χ1n) is 3.55. The van der Waals surface area contributed by atoms with Crippen LogP contribution in [0.5, 0.6) is 5.75 Å². The van der Waals surface area contributed by atoms with Gasteiger partial charge in [-0.05, 0) is 12.1 Å². The van der Waals surface area contributed by atoms with Crippen molar-refractivity contribution in [1.29, 1.82) is 0 Å². The van der Waals surface area contributed by atoms with Gasteiger partial charge in [-0.1, -0.05) is 18.2 Å². The highest BCUT2D eigenvalue weighted by Gasteiger charge is 1.88. The van der Waals surface area contributed by atoms with Gasteiger partial charge in [-0.2, -0.15) is 0 Å². The summed E-state index contributed by atoms with van der Waals surface area (Å²) in [5, 5.41) is 0. The zero-order valence-electron chi connectivity index (χ0n) is 6.29. The second kappa shape index (κ2) is 4.71. The third-order valence-corrected chi connectivity index (χ3v) is 1.26. The minimum absolute atomic E-state index is 0.598. The van der Waals surface area contributed by atoms with E-state index in [4.69, 9.17) is 10.6 Å². The molecule has 0 aliphatic heterocycles. The Labute approximate surface area is 66.1 Å². The van der Waals surface area contributed by atoms with Crippen molar-refractivity contribution >= 4 is 0 Å². The first kappa shape index (κ1) is 8.04. The number of hydrazine groups is 1. The standard InChI is InChI=1S/C8H12N2O/c9-10-6-7-11-8-4-2-1-3-5-8/h1-5,10H,6-7,9H2. The maximum atomic E-state index is 5.30. The van der Waals surface area contributed by atoms with Gasteiger partial charge in [0.1, 0.15) is 12.4 Å². The van der Waals surface area contributed by atoms with Crippen LogP contribution >= 0.6 is 0 Å². The SMILES string of the molecule is NNCCOc1ccccc1. The molecule has 0 heterocycles. The van der Waals surface area contributed by atoms with Gasteiger partial charge in [-0.15, -0.1) is 0 Å². The van der Waals surface area contributed by atoms with Gasteiger partial charge in [-0.3, -0.25) is 11.3 Å². The highest BCUT2D eigenvalue weighted by molar-refractivity contribution is 5.20. The van der Waals surface area contributed by atoms with Gasteiger partial charge < -0.3 is 4.74 Å². The van der Waals surface area contributed by atoms with Gasteiger partial charge in [-0.25, -0.2) is 0 Å². The van der Waals surface area contributed by atoms with E-state index < -0.39 is 0 Å². The van der Waals surface area contributed by atoms with Crippen molar-refractivity contribution in [2.75, 3.05) is 13.2 Å². The zero-order valence-corrected chi connectivity index (χ0v) is 6.29. The lowest BCUT2D eigenvalue weighted by molar-refractivity contribution is 0.315. The van der Waals surface area contributed by atoms with Gasteiger partial charge in [0.25, 0.3) is 0 Å². The molecule has 0 radical (unpaired) electrons. The summed E-state index contributed by atoms with van der Waals surface area (Å²) in [5.74, 6) is 5.94. The van der Waals surface area contributed by atoms with E-state index in [1.54, 1.807) is 0 Å². The van der Waals surface area contributed by atoms with Crippen LogP contribution in [0.1, 0.15) is 0 Å². The average molecular weight is 152 g/mol. The fourth-order valence-electron chi connectivity index (χ4n) is 0.745. The highest BCUT2D eigenvalue weighted by atomic mass is 16.5. The molecular formula is C8H12N2O. The van der Waals surface area contributed by atoms with Crippen LogP contribution in [-0.4, -0.2) is 13.2 Å². The Balaban J connectivity index is 2.28. The van der Waals surface area contributed by atoms with Crippen LogP contribution in [0.25, 0.3) is 0 Å². The smallest absolute Gasteiger partial charge is 0.119 e. The third-order valence-electron chi connectivity index (χ3n) is 1.26. The molecule has 3 heteroatoms. The van der Waals surface area contributed by atoms with Crippen molar-refractivity contribution in [2.24, 2.45) is 5.84 Å². The van der Waals surface area contributed by atoms with Crippen molar-refractivity contribution < 1.29 is 4.74 Å². The molecule has 0 aliphatic carbocycles. The van der Waals surface area contributed by atoms with Gasteiger partial charge in [0, 0.05) is 6.54 Å². The summed E-state index contributed by atoms with van der Waals surface area (Å²) >= 11 is 0. The molecule has 0 unspecified atom stereocenters. The molecule has 1 aromatic rings. The second-order valence-corrected chi connectivity index (χ2v) is 2.12. The monoisotopic (exact) mass is 152 g/mol. The molecule has 0 fully saturated rings. The highest BCUT2D eigenvalue weighted by Crippen LogP contribution is 2.06. The Morgan fingerprint density at radius 1 is 1.27 bits per heavy atom. The molecule has 3 N–H and O–H groups in total. The Hall–Kier alpha value is -1.06. The summed E-state index contributed by atoms with van der Waals surface area (Å²) in [7, 11) is 0. The molecule has 0 atom stereocenters. The summed E-state index contributed by atoms with van der Waals surface area (Å²) in [5.41, 5.74) is 2.51. The van der Waals surface area contributed by atoms with Crippen LogP contribution < -0.4 is 16.0 Å².